The molecule has 1 amide bonds. The molecule has 0 saturated heterocycles. The zero-order valence-corrected chi connectivity index (χ0v) is 14.8. The standard InChI is InChI=1S/C21H20N4O/c1-3-17-14(2)24-25-19(16-12-8-5-9-13-16)18(15-10-6-4-7-11-15)22-21(25)23-20(17)26/h4-13,17H,3H2,1-2H3,(H,22,23,26)/t17-/m1/s1. The van der Waals surface area contributed by atoms with Crippen LogP contribution in [0, 0.1) is 5.92 Å². The van der Waals surface area contributed by atoms with Crippen LogP contribution in [-0.4, -0.2) is 21.3 Å². The Balaban J connectivity index is 1.99. The summed E-state index contributed by atoms with van der Waals surface area (Å²) in [5.74, 6) is 0.167. The number of nitrogens with one attached hydrogen (secondary N) is 1. The van der Waals surface area contributed by atoms with Gasteiger partial charge in [0.05, 0.1) is 5.92 Å². The van der Waals surface area contributed by atoms with Crippen molar-refractivity contribution in [2.75, 3.05) is 5.32 Å². The highest BCUT2D eigenvalue weighted by molar-refractivity contribution is 6.09. The smallest absolute Gasteiger partial charge is 0.235 e. The van der Waals surface area contributed by atoms with E-state index in [4.69, 9.17) is 10.1 Å². The van der Waals surface area contributed by atoms with Gasteiger partial charge in [0.1, 0.15) is 11.4 Å². The molecule has 1 N–H and O–H groups in total. The van der Waals surface area contributed by atoms with Crippen LogP contribution in [0.3, 0.4) is 0 Å². The SMILES string of the molecule is CC[C@H]1C(=O)Nc2nc(-c3ccccc3)c(-c3ccccc3)n2N=C1C. The normalized spacial score (nSPS) is 16.5. The summed E-state index contributed by atoms with van der Waals surface area (Å²) in [6, 6.07) is 20.0. The Morgan fingerprint density at radius 2 is 1.62 bits per heavy atom. The molecule has 2 aromatic carbocycles. The van der Waals surface area contributed by atoms with E-state index >= 15 is 0 Å². The van der Waals surface area contributed by atoms with Gasteiger partial charge in [-0.25, -0.2) is 4.98 Å². The molecule has 3 aromatic rings. The van der Waals surface area contributed by atoms with Crippen LogP contribution in [-0.2, 0) is 4.79 Å². The molecule has 4 rings (SSSR count). The molecule has 1 atom stereocenters. The third kappa shape index (κ3) is 2.71. The molecular weight excluding hydrogens is 324 g/mol. The number of hydrogen-bond acceptors (Lipinski definition) is 3. The molecular formula is C21H20N4O. The maximum absolute atomic E-state index is 12.6. The van der Waals surface area contributed by atoms with E-state index in [0.717, 1.165) is 28.2 Å². The quantitative estimate of drug-likeness (QED) is 0.764. The first kappa shape index (κ1) is 16.3. The van der Waals surface area contributed by atoms with Crippen molar-refractivity contribution in [3.8, 4) is 22.5 Å². The third-order valence-corrected chi connectivity index (χ3v) is 4.67. The van der Waals surface area contributed by atoms with Crippen LogP contribution in [0.4, 0.5) is 5.95 Å². The monoisotopic (exact) mass is 344 g/mol. The van der Waals surface area contributed by atoms with Gasteiger partial charge in [0.2, 0.25) is 11.9 Å². The van der Waals surface area contributed by atoms with E-state index < -0.39 is 0 Å². The lowest BCUT2D eigenvalue weighted by Gasteiger charge is -2.10. The summed E-state index contributed by atoms with van der Waals surface area (Å²) in [5.41, 5.74) is 4.46. The van der Waals surface area contributed by atoms with Crippen LogP contribution >= 0.6 is 0 Å². The highest BCUT2D eigenvalue weighted by Crippen LogP contribution is 2.35. The summed E-state index contributed by atoms with van der Waals surface area (Å²) >= 11 is 0. The molecule has 0 spiro atoms. The second-order valence-electron chi connectivity index (χ2n) is 6.37. The first-order valence-corrected chi connectivity index (χ1v) is 8.79. The maximum Gasteiger partial charge on any atom is 0.235 e. The summed E-state index contributed by atoms with van der Waals surface area (Å²) < 4.78 is 1.76. The van der Waals surface area contributed by atoms with Gasteiger partial charge in [-0.15, -0.1) is 0 Å². The second kappa shape index (κ2) is 6.59. The summed E-state index contributed by atoms with van der Waals surface area (Å²) in [6.07, 6.45) is 0.707. The summed E-state index contributed by atoms with van der Waals surface area (Å²) in [6.45, 7) is 3.89. The minimum Gasteiger partial charge on any atom is -0.294 e. The van der Waals surface area contributed by atoms with Crippen molar-refractivity contribution in [2.45, 2.75) is 20.3 Å². The number of anilines is 1. The van der Waals surface area contributed by atoms with Crippen molar-refractivity contribution in [3.63, 3.8) is 0 Å². The Morgan fingerprint density at radius 1 is 1.00 bits per heavy atom. The molecule has 1 aliphatic rings. The molecule has 0 radical (unpaired) electrons. The molecule has 5 heteroatoms. The Hall–Kier alpha value is -3.21. The average molecular weight is 344 g/mol. The van der Waals surface area contributed by atoms with Crippen molar-refractivity contribution in [2.24, 2.45) is 11.0 Å². The summed E-state index contributed by atoms with van der Waals surface area (Å²) in [7, 11) is 0. The Bertz CT molecular complexity index is 974. The number of hydrogen-bond donors (Lipinski definition) is 1. The lowest BCUT2D eigenvalue weighted by atomic mass is 10.0. The van der Waals surface area contributed by atoms with E-state index in [1.807, 2.05) is 74.5 Å². The minimum absolute atomic E-state index is 0.0586. The van der Waals surface area contributed by atoms with Crippen LogP contribution in [0.25, 0.3) is 22.5 Å². The predicted molar refractivity (Wildman–Crippen MR) is 104 cm³/mol. The Kier molecular flexibility index (Phi) is 4.13. The minimum atomic E-state index is -0.236. The molecule has 5 nitrogen and oxygen atoms in total. The van der Waals surface area contributed by atoms with Gasteiger partial charge < -0.3 is 0 Å². The lowest BCUT2D eigenvalue weighted by molar-refractivity contribution is -0.118. The molecule has 26 heavy (non-hydrogen) atoms. The van der Waals surface area contributed by atoms with Crippen LogP contribution in [0.15, 0.2) is 65.8 Å². The van der Waals surface area contributed by atoms with E-state index in [9.17, 15) is 4.79 Å². The molecule has 1 aromatic heterocycles. The zero-order chi connectivity index (χ0) is 18.1. The molecule has 2 heterocycles. The van der Waals surface area contributed by atoms with E-state index in [1.165, 1.54) is 0 Å². The predicted octanol–water partition coefficient (Wildman–Crippen LogP) is 4.42. The molecule has 0 fully saturated rings. The number of carbonyl (C=O) groups excluding carboxylic acids is 1. The molecule has 1 aliphatic heterocycles. The lowest BCUT2D eigenvalue weighted by Crippen LogP contribution is -2.26. The number of fused-ring (bicyclic) bond motifs is 1. The van der Waals surface area contributed by atoms with Gasteiger partial charge >= 0.3 is 0 Å². The van der Waals surface area contributed by atoms with Gasteiger partial charge in [-0.3, -0.25) is 10.1 Å². The molecule has 0 bridgehead atoms. The van der Waals surface area contributed by atoms with Gasteiger partial charge in [0, 0.05) is 16.8 Å². The Morgan fingerprint density at radius 3 is 2.23 bits per heavy atom. The highest BCUT2D eigenvalue weighted by Gasteiger charge is 2.28. The number of amides is 1. The first-order valence-electron chi connectivity index (χ1n) is 8.79. The van der Waals surface area contributed by atoms with Crippen LogP contribution in [0.1, 0.15) is 20.3 Å². The van der Waals surface area contributed by atoms with Gasteiger partial charge in [-0.2, -0.15) is 9.78 Å². The second-order valence-corrected chi connectivity index (χ2v) is 6.37. The van der Waals surface area contributed by atoms with E-state index in [1.54, 1.807) is 4.68 Å². The van der Waals surface area contributed by atoms with Crippen molar-refractivity contribution in [1.82, 2.24) is 9.66 Å². The van der Waals surface area contributed by atoms with Crippen molar-refractivity contribution >= 4 is 17.6 Å². The fourth-order valence-electron chi connectivity index (χ4n) is 3.34. The van der Waals surface area contributed by atoms with Crippen LogP contribution in [0.5, 0.6) is 0 Å². The Labute approximate surface area is 152 Å². The summed E-state index contributed by atoms with van der Waals surface area (Å²) in [5, 5.41) is 7.70. The molecule has 0 saturated carbocycles. The van der Waals surface area contributed by atoms with Crippen LogP contribution < -0.4 is 5.32 Å². The van der Waals surface area contributed by atoms with Gasteiger partial charge in [-0.05, 0) is 13.3 Å². The molecule has 130 valence electrons. The van der Waals surface area contributed by atoms with Gasteiger partial charge in [0.15, 0.2) is 0 Å². The number of carbonyl (C=O) groups is 1. The van der Waals surface area contributed by atoms with Gasteiger partial charge in [0.25, 0.3) is 0 Å². The number of benzene rings is 2. The zero-order valence-electron chi connectivity index (χ0n) is 14.8. The number of aromatic nitrogens is 2. The van der Waals surface area contributed by atoms with Gasteiger partial charge in [-0.1, -0.05) is 67.6 Å². The first-order chi connectivity index (χ1) is 12.7. The van der Waals surface area contributed by atoms with E-state index in [0.29, 0.717) is 12.4 Å². The third-order valence-electron chi connectivity index (χ3n) is 4.67. The number of rotatable bonds is 3. The van der Waals surface area contributed by atoms with Crippen molar-refractivity contribution < 1.29 is 4.79 Å². The fourth-order valence-corrected chi connectivity index (χ4v) is 3.34. The molecule has 0 unspecified atom stereocenters. The topological polar surface area (TPSA) is 59.3 Å². The highest BCUT2D eigenvalue weighted by atomic mass is 16.2. The average Bonchev–Trinajstić information content (AvgIpc) is 2.96. The number of nitrogens with zero attached hydrogens (tertiary/aromatic N) is 3. The van der Waals surface area contributed by atoms with E-state index in [-0.39, 0.29) is 11.8 Å². The molecule has 0 aliphatic carbocycles. The van der Waals surface area contributed by atoms with Crippen LogP contribution in [0.2, 0.25) is 0 Å². The fraction of sp³-hybridized carbons (Fsp3) is 0.190. The largest absolute Gasteiger partial charge is 0.294 e. The maximum atomic E-state index is 12.6. The number of imidazole rings is 1. The van der Waals surface area contributed by atoms with Crippen molar-refractivity contribution in [3.05, 3.63) is 60.7 Å². The van der Waals surface area contributed by atoms with E-state index in [2.05, 4.69) is 5.32 Å². The van der Waals surface area contributed by atoms with Crippen molar-refractivity contribution in [1.29, 1.82) is 0 Å². The summed E-state index contributed by atoms with van der Waals surface area (Å²) in [4.78, 5) is 17.3.